The molecule has 1 rings (SSSR count). The van der Waals surface area contributed by atoms with Gasteiger partial charge in [0.15, 0.2) is 0 Å². The lowest BCUT2D eigenvalue weighted by atomic mass is 9.95. The molecule has 82 valence electrons. The molecule has 3 nitrogen and oxygen atoms in total. The van der Waals surface area contributed by atoms with Crippen molar-refractivity contribution in [1.29, 1.82) is 0 Å². The minimum Gasteiger partial charge on any atom is -0.376 e. The van der Waals surface area contributed by atoms with Gasteiger partial charge in [0.25, 0.3) is 0 Å². The predicted octanol–water partition coefficient (Wildman–Crippen LogP) is 1.72. The fourth-order valence-electron chi connectivity index (χ4n) is 1.51. The van der Waals surface area contributed by atoms with Gasteiger partial charge in [-0.25, -0.2) is 0 Å². The van der Waals surface area contributed by atoms with Crippen LogP contribution in [0.25, 0.3) is 0 Å². The van der Waals surface area contributed by atoms with Crippen LogP contribution in [-0.2, 0) is 9.53 Å². The van der Waals surface area contributed by atoms with Crippen molar-refractivity contribution in [1.82, 2.24) is 5.32 Å². The summed E-state index contributed by atoms with van der Waals surface area (Å²) in [6.07, 6.45) is 2.38. The monoisotopic (exact) mass is 199 g/mol. The van der Waals surface area contributed by atoms with Gasteiger partial charge in [0.1, 0.15) is 0 Å². The zero-order chi connectivity index (χ0) is 10.8. The van der Waals surface area contributed by atoms with E-state index >= 15 is 0 Å². The van der Waals surface area contributed by atoms with Crippen molar-refractivity contribution < 1.29 is 9.53 Å². The van der Waals surface area contributed by atoms with Crippen LogP contribution in [-0.4, -0.2) is 24.7 Å². The van der Waals surface area contributed by atoms with Crippen LogP contribution in [0.5, 0.6) is 0 Å². The third-order valence-electron chi connectivity index (χ3n) is 2.56. The summed E-state index contributed by atoms with van der Waals surface area (Å²) in [6, 6.07) is 0.129. The third kappa shape index (κ3) is 2.98. The van der Waals surface area contributed by atoms with E-state index < -0.39 is 0 Å². The van der Waals surface area contributed by atoms with E-state index in [2.05, 4.69) is 5.32 Å². The maximum absolute atomic E-state index is 11.7. The zero-order valence-corrected chi connectivity index (χ0v) is 9.59. The highest BCUT2D eigenvalue weighted by molar-refractivity contribution is 5.81. The van der Waals surface area contributed by atoms with Gasteiger partial charge in [0.2, 0.25) is 5.91 Å². The average molecular weight is 199 g/mol. The van der Waals surface area contributed by atoms with Crippen LogP contribution in [0.4, 0.5) is 0 Å². The molecular formula is C11H21NO2. The molecule has 0 unspecified atom stereocenters. The second-order valence-corrected chi connectivity index (χ2v) is 5.06. The first-order valence-corrected chi connectivity index (χ1v) is 5.34. The Hall–Kier alpha value is -0.570. The van der Waals surface area contributed by atoms with Gasteiger partial charge >= 0.3 is 0 Å². The average Bonchev–Trinajstić information content (AvgIpc) is 2.53. The molecule has 0 aliphatic carbocycles. The number of nitrogens with one attached hydrogen (secondary N) is 1. The molecule has 1 fully saturated rings. The van der Waals surface area contributed by atoms with Gasteiger partial charge in [0.05, 0.1) is 12.1 Å². The van der Waals surface area contributed by atoms with Crippen molar-refractivity contribution in [3.63, 3.8) is 0 Å². The van der Waals surface area contributed by atoms with Crippen LogP contribution in [0, 0.1) is 5.41 Å². The van der Waals surface area contributed by atoms with Crippen LogP contribution in [0.3, 0.4) is 0 Å². The number of rotatable bonds is 2. The minimum absolute atomic E-state index is 0.0977. The summed E-state index contributed by atoms with van der Waals surface area (Å²) < 4.78 is 5.51. The maximum Gasteiger partial charge on any atom is 0.225 e. The first-order chi connectivity index (χ1) is 6.41. The fraction of sp³-hybridized carbons (Fsp3) is 0.909. The molecule has 1 aliphatic rings. The molecule has 0 spiro atoms. The highest BCUT2D eigenvalue weighted by atomic mass is 16.5. The van der Waals surface area contributed by atoms with Gasteiger partial charge in [-0.2, -0.15) is 0 Å². The molecular weight excluding hydrogens is 178 g/mol. The zero-order valence-electron chi connectivity index (χ0n) is 9.59. The third-order valence-corrected chi connectivity index (χ3v) is 2.56. The van der Waals surface area contributed by atoms with E-state index in [1.54, 1.807) is 0 Å². The molecule has 3 heteroatoms. The largest absolute Gasteiger partial charge is 0.376 e. The number of hydrogen-bond donors (Lipinski definition) is 1. The standard InChI is InChI=1S/C11H21NO2/c1-8(9-6-5-7-14-9)12-10(13)11(2,3)4/h8-9H,5-7H2,1-4H3,(H,12,13)/t8-,9-/m1/s1. The molecule has 2 atom stereocenters. The summed E-state index contributed by atoms with van der Waals surface area (Å²) in [7, 11) is 0. The lowest BCUT2D eigenvalue weighted by molar-refractivity contribution is -0.130. The van der Waals surface area contributed by atoms with E-state index in [4.69, 9.17) is 4.74 Å². The number of ether oxygens (including phenoxy) is 1. The van der Waals surface area contributed by atoms with E-state index in [-0.39, 0.29) is 23.5 Å². The van der Waals surface area contributed by atoms with Gasteiger partial charge in [-0.3, -0.25) is 4.79 Å². The Labute approximate surface area is 86.2 Å². The van der Waals surface area contributed by atoms with Gasteiger partial charge in [0, 0.05) is 12.0 Å². The van der Waals surface area contributed by atoms with E-state index in [1.807, 2.05) is 27.7 Å². The molecule has 0 aromatic heterocycles. The SMILES string of the molecule is C[C@@H](NC(=O)C(C)(C)C)[C@H]1CCCO1. The molecule has 1 saturated heterocycles. The van der Waals surface area contributed by atoms with Crippen molar-refractivity contribution in [3.8, 4) is 0 Å². The van der Waals surface area contributed by atoms with E-state index in [0.717, 1.165) is 19.4 Å². The van der Waals surface area contributed by atoms with Crippen LogP contribution < -0.4 is 5.32 Å². The lowest BCUT2D eigenvalue weighted by Crippen LogP contribution is -2.45. The molecule has 0 saturated carbocycles. The van der Waals surface area contributed by atoms with Crippen molar-refractivity contribution in [3.05, 3.63) is 0 Å². The smallest absolute Gasteiger partial charge is 0.225 e. The Bertz CT molecular complexity index is 202. The summed E-state index contributed by atoms with van der Waals surface area (Å²) in [4.78, 5) is 11.7. The van der Waals surface area contributed by atoms with Crippen molar-refractivity contribution in [2.75, 3.05) is 6.61 Å². The topological polar surface area (TPSA) is 38.3 Å². The van der Waals surface area contributed by atoms with E-state index in [1.165, 1.54) is 0 Å². The molecule has 0 radical (unpaired) electrons. The summed E-state index contributed by atoms with van der Waals surface area (Å²) in [5, 5.41) is 3.00. The Balaban J connectivity index is 2.39. The number of amides is 1. The minimum atomic E-state index is -0.313. The normalized spacial score (nSPS) is 24.7. The molecule has 1 aliphatic heterocycles. The molecule has 0 aromatic rings. The molecule has 0 aromatic carbocycles. The first kappa shape index (κ1) is 11.5. The summed E-state index contributed by atoms with van der Waals surface area (Å²) in [5.74, 6) is 0.0977. The first-order valence-electron chi connectivity index (χ1n) is 5.34. The van der Waals surface area contributed by atoms with Crippen molar-refractivity contribution in [2.45, 2.75) is 52.7 Å². The second kappa shape index (κ2) is 4.30. The molecule has 1 amide bonds. The van der Waals surface area contributed by atoms with Gasteiger partial charge < -0.3 is 10.1 Å². The fourth-order valence-corrected chi connectivity index (χ4v) is 1.51. The van der Waals surface area contributed by atoms with Gasteiger partial charge in [-0.15, -0.1) is 0 Å². The predicted molar refractivity (Wildman–Crippen MR) is 56.0 cm³/mol. The Morgan fingerprint density at radius 1 is 1.50 bits per heavy atom. The van der Waals surface area contributed by atoms with Crippen LogP contribution in [0.2, 0.25) is 0 Å². The molecule has 1 heterocycles. The van der Waals surface area contributed by atoms with Gasteiger partial charge in [-0.1, -0.05) is 20.8 Å². The van der Waals surface area contributed by atoms with Crippen LogP contribution in [0.15, 0.2) is 0 Å². The van der Waals surface area contributed by atoms with Gasteiger partial charge in [-0.05, 0) is 19.8 Å². The lowest BCUT2D eigenvalue weighted by Gasteiger charge is -2.25. The summed E-state index contributed by atoms with van der Waals surface area (Å²) in [6.45, 7) is 8.61. The number of carbonyl (C=O) groups excluding carboxylic acids is 1. The number of carbonyl (C=O) groups is 1. The van der Waals surface area contributed by atoms with Crippen LogP contribution in [0.1, 0.15) is 40.5 Å². The van der Waals surface area contributed by atoms with E-state index in [0.29, 0.717) is 0 Å². The quantitative estimate of drug-likeness (QED) is 0.735. The Kier molecular flexibility index (Phi) is 3.53. The summed E-state index contributed by atoms with van der Waals surface area (Å²) in [5.41, 5.74) is -0.313. The molecule has 14 heavy (non-hydrogen) atoms. The molecule has 1 N–H and O–H groups in total. The highest BCUT2D eigenvalue weighted by Gasteiger charge is 2.27. The van der Waals surface area contributed by atoms with Crippen LogP contribution >= 0.6 is 0 Å². The maximum atomic E-state index is 11.7. The number of hydrogen-bond acceptors (Lipinski definition) is 2. The van der Waals surface area contributed by atoms with E-state index in [9.17, 15) is 4.79 Å². The Morgan fingerprint density at radius 2 is 2.14 bits per heavy atom. The Morgan fingerprint density at radius 3 is 2.57 bits per heavy atom. The molecule has 0 bridgehead atoms. The van der Waals surface area contributed by atoms with Crippen molar-refractivity contribution >= 4 is 5.91 Å². The summed E-state index contributed by atoms with van der Waals surface area (Å²) >= 11 is 0. The second-order valence-electron chi connectivity index (χ2n) is 5.06. The highest BCUT2D eigenvalue weighted by Crippen LogP contribution is 2.18. The van der Waals surface area contributed by atoms with Crippen molar-refractivity contribution in [2.24, 2.45) is 5.41 Å².